The normalized spacial score (nSPS) is 17.4. The first-order valence-corrected chi connectivity index (χ1v) is 4.41. The molecule has 0 saturated heterocycles. The highest BCUT2D eigenvalue weighted by Gasteiger charge is 2.25. The molecule has 84 valence electrons. The van der Waals surface area contributed by atoms with Gasteiger partial charge >= 0.3 is 0 Å². The third kappa shape index (κ3) is 4.64. The van der Waals surface area contributed by atoms with Gasteiger partial charge in [-0.25, -0.2) is 0 Å². The van der Waals surface area contributed by atoms with Gasteiger partial charge in [0.15, 0.2) is 6.29 Å². The van der Waals surface area contributed by atoms with Gasteiger partial charge in [-0.3, -0.25) is 0 Å². The zero-order valence-corrected chi connectivity index (χ0v) is 7.87. The quantitative estimate of drug-likeness (QED) is 0.261. The van der Waals surface area contributed by atoms with Crippen molar-refractivity contribution in [3.05, 3.63) is 0 Å². The third-order valence-electron chi connectivity index (χ3n) is 1.71. The summed E-state index contributed by atoms with van der Waals surface area (Å²) in [7, 11) is 0. The fourth-order valence-electron chi connectivity index (χ4n) is 0.848. The van der Waals surface area contributed by atoms with Crippen molar-refractivity contribution >= 4 is 6.29 Å². The number of aliphatic hydroxyl groups excluding tert-OH is 3. The molecule has 5 N–H and O–H groups in total. The minimum absolute atomic E-state index is 0.231. The number of nitrogens with two attached hydrogens (primary N) is 1. The van der Waals surface area contributed by atoms with E-state index in [0.29, 0.717) is 19.3 Å². The molecular weight excluding hydrogens is 190 g/mol. The van der Waals surface area contributed by atoms with Crippen LogP contribution in [0.25, 0.3) is 0 Å². The summed E-state index contributed by atoms with van der Waals surface area (Å²) in [5, 5.41) is 26.8. The van der Waals surface area contributed by atoms with Crippen LogP contribution in [0.1, 0.15) is 6.42 Å². The molecule has 0 aliphatic heterocycles. The van der Waals surface area contributed by atoms with Gasteiger partial charge in [-0.1, -0.05) is 0 Å². The van der Waals surface area contributed by atoms with E-state index in [1.54, 1.807) is 0 Å². The molecule has 0 bridgehead atoms. The molecule has 0 saturated carbocycles. The molecule has 0 unspecified atom stereocenters. The van der Waals surface area contributed by atoms with Gasteiger partial charge in [0.05, 0.1) is 6.61 Å². The zero-order valence-electron chi connectivity index (χ0n) is 7.87. The lowest BCUT2D eigenvalue weighted by Crippen LogP contribution is -2.42. The Morgan fingerprint density at radius 3 is 2.50 bits per heavy atom. The number of aliphatic hydroxyl groups is 3. The van der Waals surface area contributed by atoms with Crippen LogP contribution in [-0.2, 0) is 9.53 Å². The Labute approximate surface area is 82.3 Å². The molecule has 0 aromatic heterocycles. The zero-order chi connectivity index (χ0) is 11.0. The summed E-state index contributed by atoms with van der Waals surface area (Å²) in [5.74, 6) is 0. The number of carbonyl (C=O) groups excluding carboxylic acids is 1. The van der Waals surface area contributed by atoms with Crippen molar-refractivity contribution in [3.63, 3.8) is 0 Å². The maximum Gasteiger partial charge on any atom is 0.151 e. The largest absolute Gasteiger partial charge is 0.394 e. The summed E-state index contributed by atoms with van der Waals surface area (Å²) in [6, 6.07) is 0. The lowest BCUT2D eigenvalue weighted by molar-refractivity contribution is -0.136. The molecule has 0 aromatic rings. The van der Waals surface area contributed by atoms with Crippen LogP contribution in [0.2, 0.25) is 0 Å². The molecule has 0 radical (unpaired) electrons. The van der Waals surface area contributed by atoms with Gasteiger partial charge in [0.2, 0.25) is 0 Å². The van der Waals surface area contributed by atoms with E-state index in [-0.39, 0.29) is 6.61 Å². The van der Waals surface area contributed by atoms with E-state index in [9.17, 15) is 9.90 Å². The molecule has 0 amide bonds. The highest BCUT2D eigenvalue weighted by molar-refractivity contribution is 5.57. The fourth-order valence-corrected chi connectivity index (χ4v) is 0.848. The van der Waals surface area contributed by atoms with E-state index >= 15 is 0 Å². The lowest BCUT2D eigenvalue weighted by Gasteiger charge is -2.21. The number of hydrogen-bond donors (Lipinski definition) is 4. The van der Waals surface area contributed by atoms with E-state index in [1.807, 2.05) is 0 Å². The highest BCUT2D eigenvalue weighted by atomic mass is 16.5. The first kappa shape index (κ1) is 13.5. The van der Waals surface area contributed by atoms with Crippen LogP contribution in [0.5, 0.6) is 0 Å². The van der Waals surface area contributed by atoms with Crippen LogP contribution >= 0.6 is 0 Å². The number of carbonyl (C=O) groups is 1. The second kappa shape index (κ2) is 7.84. The number of rotatable bonds is 8. The Balaban J connectivity index is 3.92. The molecule has 0 fully saturated rings. The molecule has 0 aliphatic carbocycles. The average molecular weight is 207 g/mol. The first-order chi connectivity index (χ1) is 6.67. The summed E-state index contributed by atoms with van der Waals surface area (Å²) >= 11 is 0. The second-order valence-corrected chi connectivity index (χ2v) is 2.85. The number of hydrogen-bond acceptors (Lipinski definition) is 6. The minimum Gasteiger partial charge on any atom is -0.394 e. The maximum atomic E-state index is 10.5. The average Bonchev–Trinajstić information content (AvgIpc) is 2.22. The highest BCUT2D eigenvalue weighted by Crippen LogP contribution is 2.02. The fraction of sp³-hybridized carbons (Fsp3) is 0.875. The van der Waals surface area contributed by atoms with Crippen molar-refractivity contribution in [2.45, 2.75) is 24.7 Å². The number of aldehydes is 1. The second-order valence-electron chi connectivity index (χ2n) is 2.85. The molecule has 0 spiro atoms. The number of ether oxygens (including phenoxy) is 1. The lowest BCUT2D eigenvalue weighted by atomic mass is 10.1. The molecule has 6 heteroatoms. The Morgan fingerprint density at radius 1 is 1.43 bits per heavy atom. The van der Waals surface area contributed by atoms with Crippen molar-refractivity contribution in [3.8, 4) is 0 Å². The first-order valence-electron chi connectivity index (χ1n) is 4.41. The van der Waals surface area contributed by atoms with Gasteiger partial charge < -0.3 is 30.6 Å². The molecule has 0 heterocycles. The predicted octanol–water partition coefficient (Wildman–Crippen LogP) is -2.37. The Hall–Kier alpha value is -0.530. The van der Waals surface area contributed by atoms with Crippen LogP contribution in [0.4, 0.5) is 0 Å². The van der Waals surface area contributed by atoms with E-state index in [1.165, 1.54) is 0 Å². The summed E-state index contributed by atoms with van der Waals surface area (Å²) in [5.41, 5.74) is 5.20. The van der Waals surface area contributed by atoms with Gasteiger partial charge in [0.25, 0.3) is 0 Å². The molecule has 14 heavy (non-hydrogen) atoms. The smallest absolute Gasteiger partial charge is 0.151 e. The molecular formula is C8H17NO5. The molecule has 0 aromatic carbocycles. The Bertz CT molecular complexity index is 155. The van der Waals surface area contributed by atoms with Crippen LogP contribution in [0, 0.1) is 0 Å². The molecule has 0 aliphatic rings. The summed E-state index contributed by atoms with van der Waals surface area (Å²) in [6.07, 6.45) is -2.95. The van der Waals surface area contributed by atoms with Crippen molar-refractivity contribution in [1.29, 1.82) is 0 Å². The third-order valence-corrected chi connectivity index (χ3v) is 1.71. The molecule has 3 atom stereocenters. The van der Waals surface area contributed by atoms with Gasteiger partial charge in [-0.05, 0) is 13.0 Å². The van der Waals surface area contributed by atoms with Crippen LogP contribution in [-0.4, -0.2) is 59.7 Å². The summed E-state index contributed by atoms with van der Waals surface area (Å²) < 4.78 is 4.95. The van der Waals surface area contributed by atoms with E-state index in [0.717, 1.165) is 0 Å². The SMILES string of the molecule is NCCCO[C@@H](C=O)[C@H](O)[C@H](O)CO. The summed E-state index contributed by atoms with van der Waals surface area (Å²) in [6.45, 7) is 0.0328. The van der Waals surface area contributed by atoms with Crippen LogP contribution in [0.15, 0.2) is 0 Å². The Morgan fingerprint density at radius 2 is 2.07 bits per heavy atom. The Kier molecular flexibility index (Phi) is 7.54. The van der Waals surface area contributed by atoms with Gasteiger partial charge in [-0.2, -0.15) is 0 Å². The van der Waals surface area contributed by atoms with Crippen LogP contribution < -0.4 is 5.73 Å². The maximum absolute atomic E-state index is 10.5. The van der Waals surface area contributed by atoms with Gasteiger partial charge in [0, 0.05) is 6.61 Å². The topological polar surface area (TPSA) is 113 Å². The van der Waals surface area contributed by atoms with Crippen LogP contribution in [0.3, 0.4) is 0 Å². The van der Waals surface area contributed by atoms with Gasteiger partial charge in [-0.15, -0.1) is 0 Å². The summed E-state index contributed by atoms with van der Waals surface area (Å²) in [4.78, 5) is 10.5. The molecule has 6 nitrogen and oxygen atoms in total. The van der Waals surface area contributed by atoms with Crippen molar-refractivity contribution in [2.24, 2.45) is 5.73 Å². The monoisotopic (exact) mass is 207 g/mol. The van der Waals surface area contributed by atoms with E-state index in [2.05, 4.69) is 0 Å². The predicted molar refractivity (Wildman–Crippen MR) is 48.6 cm³/mol. The van der Waals surface area contributed by atoms with Crippen molar-refractivity contribution < 1.29 is 24.9 Å². The van der Waals surface area contributed by atoms with Crippen molar-refractivity contribution in [2.75, 3.05) is 19.8 Å². The van der Waals surface area contributed by atoms with E-state index in [4.69, 9.17) is 20.7 Å². The standard InChI is InChI=1S/C8H17NO5/c9-2-1-3-14-7(5-11)8(13)6(12)4-10/h5-8,10,12-13H,1-4,9H2/t6-,7+,8-/m1/s1. The minimum atomic E-state index is -1.41. The van der Waals surface area contributed by atoms with Gasteiger partial charge in [0.1, 0.15) is 18.3 Å². The van der Waals surface area contributed by atoms with Crippen molar-refractivity contribution in [1.82, 2.24) is 0 Å². The van der Waals surface area contributed by atoms with E-state index < -0.39 is 24.9 Å². The molecule has 0 rings (SSSR count).